The zero-order valence-corrected chi connectivity index (χ0v) is 14.5. The third-order valence-electron chi connectivity index (χ3n) is 3.49. The molecule has 3 rings (SSSR count). The van der Waals surface area contributed by atoms with Crippen LogP contribution in [0.1, 0.15) is 11.1 Å². The summed E-state index contributed by atoms with van der Waals surface area (Å²) >= 11 is 1.38. The van der Waals surface area contributed by atoms with Gasteiger partial charge in [-0.25, -0.2) is 0 Å². The minimum Gasteiger partial charge on any atom is -0.497 e. The fraction of sp³-hybridized carbons (Fsp3) is 0.167. The molecule has 6 nitrogen and oxygen atoms in total. The van der Waals surface area contributed by atoms with Gasteiger partial charge in [0.2, 0.25) is 5.89 Å². The number of methoxy groups -OCH3 is 2. The van der Waals surface area contributed by atoms with E-state index in [2.05, 4.69) is 16.3 Å². The van der Waals surface area contributed by atoms with Crippen LogP contribution in [0.15, 0.2) is 52.1 Å². The van der Waals surface area contributed by atoms with E-state index < -0.39 is 0 Å². The van der Waals surface area contributed by atoms with Gasteiger partial charge in [0.1, 0.15) is 11.5 Å². The molecule has 0 saturated heterocycles. The van der Waals surface area contributed by atoms with Gasteiger partial charge in [-0.15, -0.1) is 10.2 Å². The molecule has 0 unspecified atom stereocenters. The van der Waals surface area contributed by atoms with Crippen LogP contribution in [0.2, 0.25) is 0 Å². The summed E-state index contributed by atoms with van der Waals surface area (Å²) in [6.07, 6.45) is 0. The van der Waals surface area contributed by atoms with Gasteiger partial charge in [0.25, 0.3) is 5.22 Å². The van der Waals surface area contributed by atoms with Crippen LogP contribution in [-0.2, 0) is 5.75 Å². The summed E-state index contributed by atoms with van der Waals surface area (Å²) in [7, 11) is 3.17. The molecule has 0 aliphatic rings. The van der Waals surface area contributed by atoms with Gasteiger partial charge >= 0.3 is 0 Å². The lowest BCUT2D eigenvalue weighted by atomic mass is 10.1. The second-order valence-corrected chi connectivity index (χ2v) is 5.96. The first-order valence-corrected chi connectivity index (χ1v) is 8.40. The van der Waals surface area contributed by atoms with E-state index in [1.54, 1.807) is 38.5 Å². The number of benzene rings is 2. The average molecular weight is 353 g/mol. The van der Waals surface area contributed by atoms with E-state index in [4.69, 9.17) is 19.2 Å². The first-order valence-electron chi connectivity index (χ1n) is 7.41. The molecule has 2 aromatic carbocycles. The Morgan fingerprint density at radius 3 is 2.48 bits per heavy atom. The van der Waals surface area contributed by atoms with Gasteiger partial charge in [-0.3, -0.25) is 0 Å². The number of rotatable bonds is 6. The quantitative estimate of drug-likeness (QED) is 0.621. The Labute approximate surface area is 149 Å². The third kappa shape index (κ3) is 3.92. The summed E-state index contributed by atoms with van der Waals surface area (Å²) < 4.78 is 16.2. The predicted molar refractivity (Wildman–Crippen MR) is 93.6 cm³/mol. The lowest BCUT2D eigenvalue weighted by Crippen LogP contribution is -1.88. The zero-order chi connectivity index (χ0) is 17.6. The largest absolute Gasteiger partial charge is 0.497 e. The number of ether oxygens (including phenoxy) is 2. The number of aromatic nitrogens is 2. The van der Waals surface area contributed by atoms with Gasteiger partial charge < -0.3 is 13.9 Å². The Hall–Kier alpha value is -2.98. The molecule has 0 saturated carbocycles. The predicted octanol–water partition coefficient (Wildman–Crippen LogP) is 3.92. The van der Waals surface area contributed by atoms with E-state index in [9.17, 15) is 0 Å². The molecule has 1 heterocycles. The van der Waals surface area contributed by atoms with Gasteiger partial charge in [0, 0.05) is 17.4 Å². The van der Waals surface area contributed by atoms with Gasteiger partial charge in [-0.2, -0.15) is 5.26 Å². The molecule has 0 aliphatic carbocycles. The molecule has 0 fully saturated rings. The molecule has 0 bridgehead atoms. The molecular weight excluding hydrogens is 338 g/mol. The van der Waals surface area contributed by atoms with Crippen molar-refractivity contribution in [2.75, 3.05) is 14.2 Å². The molecule has 7 heteroatoms. The highest BCUT2D eigenvalue weighted by atomic mass is 32.2. The second-order valence-electron chi connectivity index (χ2n) is 5.03. The molecule has 0 atom stereocenters. The topological polar surface area (TPSA) is 81.2 Å². The molecule has 3 aromatic rings. The Kier molecular flexibility index (Phi) is 5.21. The lowest BCUT2D eigenvalue weighted by molar-refractivity contribution is 0.394. The van der Waals surface area contributed by atoms with Crippen LogP contribution in [0.5, 0.6) is 11.5 Å². The van der Waals surface area contributed by atoms with E-state index >= 15 is 0 Å². The van der Waals surface area contributed by atoms with Crippen molar-refractivity contribution in [1.82, 2.24) is 10.2 Å². The number of hydrogen-bond donors (Lipinski definition) is 0. The number of nitrogens with zero attached hydrogens (tertiary/aromatic N) is 3. The van der Waals surface area contributed by atoms with Gasteiger partial charge in [-0.05, 0) is 23.8 Å². The fourth-order valence-electron chi connectivity index (χ4n) is 2.21. The standard InChI is InChI=1S/C18H15N3O3S/c1-22-15-7-14(8-16(9-15)23-2)17-20-21-18(24-17)25-11-13-6-4-3-5-12(13)10-19/h3-9H,11H2,1-2H3. The first kappa shape index (κ1) is 16.9. The van der Waals surface area contributed by atoms with Crippen molar-refractivity contribution < 1.29 is 13.9 Å². The Morgan fingerprint density at radius 2 is 1.80 bits per heavy atom. The van der Waals surface area contributed by atoms with Gasteiger partial charge in [0.05, 0.1) is 25.9 Å². The van der Waals surface area contributed by atoms with Crippen molar-refractivity contribution in [3.63, 3.8) is 0 Å². The molecule has 1 aromatic heterocycles. The first-order chi connectivity index (χ1) is 12.2. The van der Waals surface area contributed by atoms with Crippen LogP contribution >= 0.6 is 11.8 Å². The monoisotopic (exact) mass is 353 g/mol. The van der Waals surface area contributed by atoms with E-state index in [1.165, 1.54) is 11.8 Å². The highest BCUT2D eigenvalue weighted by Crippen LogP contribution is 2.31. The zero-order valence-electron chi connectivity index (χ0n) is 13.7. The van der Waals surface area contributed by atoms with Crippen molar-refractivity contribution in [3.8, 4) is 29.0 Å². The smallest absolute Gasteiger partial charge is 0.277 e. The third-order valence-corrected chi connectivity index (χ3v) is 4.36. The summed E-state index contributed by atoms with van der Waals surface area (Å²) in [5, 5.41) is 17.7. The van der Waals surface area contributed by atoms with Crippen molar-refractivity contribution in [3.05, 3.63) is 53.6 Å². The molecule has 0 amide bonds. The number of thioether (sulfide) groups is 1. The van der Waals surface area contributed by atoms with Crippen LogP contribution in [-0.4, -0.2) is 24.4 Å². The number of nitriles is 1. The maximum Gasteiger partial charge on any atom is 0.277 e. The fourth-order valence-corrected chi connectivity index (χ4v) is 2.98. The maximum absolute atomic E-state index is 9.13. The Morgan fingerprint density at radius 1 is 1.08 bits per heavy atom. The molecule has 0 N–H and O–H groups in total. The molecule has 0 radical (unpaired) electrons. The van der Waals surface area contributed by atoms with Crippen LogP contribution in [0.25, 0.3) is 11.5 Å². The lowest BCUT2D eigenvalue weighted by Gasteiger charge is -2.05. The van der Waals surface area contributed by atoms with Crippen LogP contribution in [0.3, 0.4) is 0 Å². The molecule has 126 valence electrons. The van der Waals surface area contributed by atoms with Gasteiger partial charge in [0.15, 0.2) is 0 Å². The summed E-state index contributed by atoms with van der Waals surface area (Å²) in [6.45, 7) is 0. The second kappa shape index (κ2) is 7.73. The van der Waals surface area contributed by atoms with Crippen molar-refractivity contribution in [2.24, 2.45) is 0 Å². The van der Waals surface area contributed by atoms with E-state index in [0.717, 1.165) is 5.56 Å². The minimum absolute atomic E-state index is 0.383. The maximum atomic E-state index is 9.13. The average Bonchev–Trinajstić information content (AvgIpc) is 3.15. The highest BCUT2D eigenvalue weighted by molar-refractivity contribution is 7.98. The summed E-state index contributed by atoms with van der Waals surface area (Å²) in [5.41, 5.74) is 2.29. The van der Waals surface area contributed by atoms with Crippen LogP contribution in [0, 0.1) is 11.3 Å². The molecule has 0 aliphatic heterocycles. The Balaban J connectivity index is 1.78. The van der Waals surface area contributed by atoms with Crippen molar-refractivity contribution >= 4 is 11.8 Å². The van der Waals surface area contributed by atoms with Crippen molar-refractivity contribution in [1.29, 1.82) is 5.26 Å². The summed E-state index contributed by atoms with van der Waals surface area (Å²) in [4.78, 5) is 0. The normalized spacial score (nSPS) is 10.3. The minimum atomic E-state index is 0.383. The highest BCUT2D eigenvalue weighted by Gasteiger charge is 2.13. The summed E-state index contributed by atoms with van der Waals surface area (Å²) in [5.74, 6) is 2.25. The van der Waals surface area contributed by atoms with Gasteiger partial charge in [-0.1, -0.05) is 30.0 Å². The van der Waals surface area contributed by atoms with Crippen LogP contribution in [0.4, 0.5) is 0 Å². The van der Waals surface area contributed by atoms with Crippen LogP contribution < -0.4 is 9.47 Å². The van der Waals surface area contributed by atoms with E-state index in [-0.39, 0.29) is 0 Å². The molecule has 0 spiro atoms. The van der Waals surface area contributed by atoms with Crippen molar-refractivity contribution in [2.45, 2.75) is 11.0 Å². The van der Waals surface area contributed by atoms with E-state index in [1.807, 2.05) is 18.2 Å². The van der Waals surface area contributed by atoms with E-state index in [0.29, 0.717) is 39.5 Å². The number of hydrogen-bond acceptors (Lipinski definition) is 7. The molecule has 25 heavy (non-hydrogen) atoms. The summed E-state index contributed by atoms with van der Waals surface area (Å²) in [6, 6.07) is 15.0. The SMILES string of the molecule is COc1cc(OC)cc(-c2nnc(SCc3ccccc3C#N)o2)c1. The molecular formula is C18H15N3O3S. The Bertz CT molecular complexity index is 896.